The van der Waals surface area contributed by atoms with Gasteiger partial charge in [-0.25, -0.2) is 9.97 Å². The lowest BCUT2D eigenvalue weighted by atomic mass is 10.2. The van der Waals surface area contributed by atoms with Crippen molar-refractivity contribution in [2.75, 3.05) is 11.1 Å². The number of nitriles is 1. The Morgan fingerprint density at radius 2 is 2.19 bits per heavy atom. The van der Waals surface area contributed by atoms with Gasteiger partial charge in [0.15, 0.2) is 0 Å². The highest BCUT2D eigenvalue weighted by Gasteiger charge is 1.99. The zero-order chi connectivity index (χ0) is 11.4. The second-order valence-corrected chi connectivity index (χ2v) is 2.98. The minimum atomic E-state index is 0.147. The molecule has 16 heavy (non-hydrogen) atoms. The molecule has 1 aromatic carbocycles. The summed E-state index contributed by atoms with van der Waals surface area (Å²) in [4.78, 5) is 11.5. The Morgan fingerprint density at radius 1 is 1.31 bits per heavy atom. The molecule has 3 N–H and O–H groups in total. The zero-order valence-electron chi connectivity index (χ0n) is 8.25. The minimum Gasteiger partial charge on any atom is -0.368 e. The van der Waals surface area contributed by atoms with E-state index in [0.29, 0.717) is 11.5 Å². The molecule has 1 aromatic heterocycles. The average molecular weight is 212 g/mol. The fourth-order valence-corrected chi connectivity index (χ4v) is 1.16. The molecule has 0 aliphatic heterocycles. The van der Waals surface area contributed by atoms with Gasteiger partial charge in [-0.1, -0.05) is 6.07 Å². The van der Waals surface area contributed by atoms with Gasteiger partial charge in [0.25, 0.3) is 0 Å². The third-order valence-corrected chi connectivity index (χ3v) is 1.84. The molecular weight excluding hydrogens is 204 g/mol. The Labute approximate surface area is 91.8 Å². The second kappa shape index (κ2) is 4.23. The molecule has 0 fully saturated rings. The molecule has 0 bridgehead atoms. The van der Waals surface area contributed by atoms with Crippen LogP contribution in [0.15, 0.2) is 30.6 Å². The van der Waals surface area contributed by atoms with Gasteiger partial charge in [0.1, 0.15) is 6.33 Å². The van der Waals surface area contributed by atoms with Crippen molar-refractivity contribution in [3.8, 4) is 6.07 Å². The quantitative estimate of drug-likeness (QED) is 0.772. The predicted molar refractivity (Wildman–Crippen MR) is 58.7 cm³/mol. The molecule has 0 atom stereocenters. The van der Waals surface area contributed by atoms with Crippen molar-refractivity contribution in [2.24, 2.45) is 0 Å². The molecule has 0 saturated heterocycles. The van der Waals surface area contributed by atoms with Crippen LogP contribution in [-0.2, 0) is 0 Å². The van der Waals surface area contributed by atoms with E-state index in [2.05, 4.69) is 20.3 Å². The minimum absolute atomic E-state index is 0.147. The standard InChI is InChI=1S/C10H8N6/c11-5-7-2-1-3-8(4-7)15-10-14-6-13-9(12)16-10/h1-4,6H,(H3,12,13,14,15,16). The van der Waals surface area contributed by atoms with E-state index < -0.39 is 0 Å². The number of rotatable bonds is 2. The van der Waals surface area contributed by atoms with Gasteiger partial charge in [0.05, 0.1) is 11.6 Å². The highest BCUT2D eigenvalue weighted by molar-refractivity contribution is 5.56. The Balaban J connectivity index is 2.24. The van der Waals surface area contributed by atoms with Gasteiger partial charge in [-0.05, 0) is 18.2 Å². The molecule has 0 spiro atoms. The van der Waals surface area contributed by atoms with Crippen molar-refractivity contribution >= 4 is 17.6 Å². The molecule has 0 aliphatic carbocycles. The molecule has 2 rings (SSSR count). The van der Waals surface area contributed by atoms with E-state index in [4.69, 9.17) is 11.0 Å². The predicted octanol–water partition coefficient (Wildman–Crippen LogP) is 1.07. The highest BCUT2D eigenvalue weighted by Crippen LogP contribution is 2.13. The SMILES string of the molecule is N#Cc1cccc(Nc2ncnc(N)n2)c1. The number of nitrogen functional groups attached to an aromatic ring is 1. The maximum atomic E-state index is 8.73. The second-order valence-electron chi connectivity index (χ2n) is 2.98. The van der Waals surface area contributed by atoms with Gasteiger partial charge in [0, 0.05) is 5.69 Å². The first kappa shape index (κ1) is 9.86. The first-order valence-electron chi connectivity index (χ1n) is 4.49. The third kappa shape index (κ3) is 2.22. The molecule has 0 saturated carbocycles. The van der Waals surface area contributed by atoms with Crippen LogP contribution in [0.4, 0.5) is 17.6 Å². The lowest BCUT2D eigenvalue weighted by Crippen LogP contribution is -2.01. The number of benzene rings is 1. The van der Waals surface area contributed by atoms with Crippen LogP contribution in [0.1, 0.15) is 5.56 Å². The number of aromatic nitrogens is 3. The number of nitrogens with zero attached hydrogens (tertiary/aromatic N) is 4. The maximum Gasteiger partial charge on any atom is 0.231 e. The average Bonchev–Trinajstić information content (AvgIpc) is 2.29. The van der Waals surface area contributed by atoms with Crippen LogP contribution in [0.5, 0.6) is 0 Å². The summed E-state index contributed by atoms with van der Waals surface area (Å²) in [6.45, 7) is 0. The van der Waals surface area contributed by atoms with Gasteiger partial charge in [-0.3, -0.25) is 0 Å². The summed E-state index contributed by atoms with van der Waals surface area (Å²) in [7, 11) is 0. The molecule has 1 heterocycles. The summed E-state index contributed by atoms with van der Waals surface area (Å²) in [5.74, 6) is 0.497. The largest absolute Gasteiger partial charge is 0.368 e. The normalized spacial score (nSPS) is 9.44. The van der Waals surface area contributed by atoms with Gasteiger partial charge in [0.2, 0.25) is 11.9 Å². The number of hydrogen-bond acceptors (Lipinski definition) is 6. The molecule has 0 aliphatic rings. The van der Waals surface area contributed by atoms with Crippen molar-refractivity contribution in [1.82, 2.24) is 15.0 Å². The van der Waals surface area contributed by atoms with E-state index in [1.165, 1.54) is 6.33 Å². The number of hydrogen-bond donors (Lipinski definition) is 2. The summed E-state index contributed by atoms with van der Waals surface area (Å²) in [5, 5.41) is 11.7. The van der Waals surface area contributed by atoms with Crippen LogP contribution in [0.3, 0.4) is 0 Å². The van der Waals surface area contributed by atoms with Crippen molar-refractivity contribution in [3.05, 3.63) is 36.2 Å². The van der Waals surface area contributed by atoms with E-state index in [1.807, 2.05) is 6.07 Å². The molecule has 6 nitrogen and oxygen atoms in total. The van der Waals surface area contributed by atoms with Crippen LogP contribution < -0.4 is 11.1 Å². The zero-order valence-corrected chi connectivity index (χ0v) is 8.25. The number of nitrogens with one attached hydrogen (secondary N) is 1. The Bertz CT molecular complexity index is 545. The highest BCUT2D eigenvalue weighted by atomic mass is 15.2. The van der Waals surface area contributed by atoms with Gasteiger partial charge in [-0.2, -0.15) is 10.2 Å². The van der Waals surface area contributed by atoms with Crippen molar-refractivity contribution in [3.63, 3.8) is 0 Å². The van der Waals surface area contributed by atoms with Crippen LogP contribution in [0.25, 0.3) is 0 Å². The van der Waals surface area contributed by atoms with E-state index in [1.54, 1.807) is 24.3 Å². The van der Waals surface area contributed by atoms with Crippen molar-refractivity contribution in [1.29, 1.82) is 5.26 Å². The van der Waals surface area contributed by atoms with E-state index in [0.717, 1.165) is 5.69 Å². The summed E-state index contributed by atoms with van der Waals surface area (Å²) in [6, 6.07) is 9.03. The van der Waals surface area contributed by atoms with Crippen LogP contribution in [-0.4, -0.2) is 15.0 Å². The summed E-state index contributed by atoms with van der Waals surface area (Å²) in [6.07, 6.45) is 1.32. The van der Waals surface area contributed by atoms with Gasteiger partial charge in [-0.15, -0.1) is 0 Å². The fourth-order valence-electron chi connectivity index (χ4n) is 1.16. The van der Waals surface area contributed by atoms with Crippen molar-refractivity contribution in [2.45, 2.75) is 0 Å². The monoisotopic (exact) mass is 212 g/mol. The molecule has 6 heteroatoms. The lowest BCUT2D eigenvalue weighted by molar-refractivity contribution is 1.07. The van der Waals surface area contributed by atoms with Gasteiger partial charge < -0.3 is 11.1 Å². The summed E-state index contributed by atoms with van der Waals surface area (Å²) < 4.78 is 0. The first-order valence-corrected chi connectivity index (χ1v) is 4.49. The van der Waals surface area contributed by atoms with E-state index >= 15 is 0 Å². The fraction of sp³-hybridized carbons (Fsp3) is 0. The molecule has 0 radical (unpaired) electrons. The van der Waals surface area contributed by atoms with Gasteiger partial charge >= 0.3 is 0 Å². The van der Waals surface area contributed by atoms with Crippen LogP contribution in [0.2, 0.25) is 0 Å². The Kier molecular flexibility index (Phi) is 2.61. The number of nitrogens with two attached hydrogens (primary N) is 1. The third-order valence-electron chi connectivity index (χ3n) is 1.84. The smallest absolute Gasteiger partial charge is 0.231 e. The van der Waals surface area contributed by atoms with E-state index in [9.17, 15) is 0 Å². The first-order chi connectivity index (χ1) is 7.78. The molecule has 2 aromatic rings. The lowest BCUT2D eigenvalue weighted by Gasteiger charge is -2.04. The Hall–Kier alpha value is -2.68. The van der Waals surface area contributed by atoms with Crippen LogP contribution >= 0.6 is 0 Å². The maximum absolute atomic E-state index is 8.73. The van der Waals surface area contributed by atoms with Crippen molar-refractivity contribution < 1.29 is 0 Å². The van der Waals surface area contributed by atoms with E-state index in [-0.39, 0.29) is 5.95 Å². The number of anilines is 3. The topological polar surface area (TPSA) is 101 Å². The molecule has 78 valence electrons. The van der Waals surface area contributed by atoms with Crippen LogP contribution in [0, 0.1) is 11.3 Å². The molecule has 0 amide bonds. The summed E-state index contributed by atoms with van der Waals surface area (Å²) in [5.41, 5.74) is 6.70. The molecule has 0 unspecified atom stereocenters. The summed E-state index contributed by atoms with van der Waals surface area (Å²) >= 11 is 0. The molecular formula is C10H8N6. The Morgan fingerprint density at radius 3 is 2.94 bits per heavy atom.